The SMILES string of the molecule is CC(=O)c1c(C)n(-c2ccccc2)c2cc3nc(C)oc3cc12. The van der Waals surface area contributed by atoms with Crippen LogP contribution in [0.15, 0.2) is 46.9 Å². The second kappa shape index (κ2) is 4.81. The summed E-state index contributed by atoms with van der Waals surface area (Å²) >= 11 is 0. The molecule has 0 aliphatic carbocycles. The molecule has 0 saturated carbocycles. The lowest BCUT2D eigenvalue weighted by Crippen LogP contribution is -1.99. The number of nitrogens with zero attached hydrogens (tertiary/aromatic N) is 2. The predicted molar refractivity (Wildman–Crippen MR) is 90.3 cm³/mol. The van der Waals surface area contributed by atoms with Crippen LogP contribution in [0.3, 0.4) is 0 Å². The molecule has 2 heterocycles. The van der Waals surface area contributed by atoms with E-state index in [9.17, 15) is 4.79 Å². The van der Waals surface area contributed by atoms with Gasteiger partial charge in [-0.05, 0) is 38.1 Å². The molecule has 2 aromatic heterocycles. The van der Waals surface area contributed by atoms with Gasteiger partial charge in [-0.1, -0.05) is 18.2 Å². The number of hydrogen-bond donors (Lipinski definition) is 0. The zero-order chi connectivity index (χ0) is 16.1. The lowest BCUT2D eigenvalue weighted by molar-refractivity contribution is 0.101. The average Bonchev–Trinajstić information content (AvgIpc) is 3.00. The Balaban J connectivity index is 2.18. The molecule has 4 nitrogen and oxygen atoms in total. The van der Waals surface area contributed by atoms with Gasteiger partial charge in [-0.15, -0.1) is 0 Å². The number of rotatable bonds is 2. The van der Waals surface area contributed by atoms with Gasteiger partial charge in [0.05, 0.1) is 5.52 Å². The highest BCUT2D eigenvalue weighted by molar-refractivity contribution is 6.11. The quantitative estimate of drug-likeness (QED) is 0.509. The molecule has 0 spiro atoms. The maximum Gasteiger partial charge on any atom is 0.192 e. The third-order valence-electron chi connectivity index (χ3n) is 4.19. The highest BCUT2D eigenvalue weighted by atomic mass is 16.3. The van der Waals surface area contributed by atoms with Crippen LogP contribution in [0.2, 0.25) is 0 Å². The van der Waals surface area contributed by atoms with Crippen LogP contribution < -0.4 is 0 Å². The van der Waals surface area contributed by atoms with Crippen molar-refractivity contribution < 1.29 is 9.21 Å². The fraction of sp³-hybridized carbons (Fsp3) is 0.158. The van der Waals surface area contributed by atoms with Crippen LogP contribution in [0.25, 0.3) is 27.7 Å². The Bertz CT molecular complexity index is 1060. The smallest absolute Gasteiger partial charge is 0.192 e. The number of carbonyl (C=O) groups is 1. The molecule has 0 unspecified atom stereocenters. The van der Waals surface area contributed by atoms with Crippen molar-refractivity contribution in [2.45, 2.75) is 20.8 Å². The molecule has 0 N–H and O–H groups in total. The minimum Gasteiger partial charge on any atom is -0.441 e. The summed E-state index contributed by atoms with van der Waals surface area (Å²) in [6.07, 6.45) is 0. The Hall–Kier alpha value is -2.88. The summed E-state index contributed by atoms with van der Waals surface area (Å²) in [6, 6.07) is 14.0. The fourth-order valence-electron chi connectivity index (χ4n) is 3.30. The third kappa shape index (κ3) is 1.99. The molecule has 4 heteroatoms. The molecule has 4 rings (SSSR count). The summed E-state index contributed by atoms with van der Waals surface area (Å²) < 4.78 is 7.74. The second-order valence-electron chi connectivity index (χ2n) is 5.76. The maximum atomic E-state index is 12.2. The van der Waals surface area contributed by atoms with E-state index in [1.54, 1.807) is 6.92 Å². The van der Waals surface area contributed by atoms with Crippen molar-refractivity contribution in [3.63, 3.8) is 0 Å². The van der Waals surface area contributed by atoms with Crippen molar-refractivity contribution in [1.29, 1.82) is 0 Å². The zero-order valence-corrected chi connectivity index (χ0v) is 13.3. The van der Waals surface area contributed by atoms with Gasteiger partial charge >= 0.3 is 0 Å². The molecule has 0 atom stereocenters. The molecule has 0 radical (unpaired) electrons. The fourth-order valence-corrected chi connectivity index (χ4v) is 3.30. The number of hydrogen-bond acceptors (Lipinski definition) is 3. The van der Waals surface area contributed by atoms with Gasteiger partial charge in [0, 0.05) is 29.3 Å². The van der Waals surface area contributed by atoms with E-state index in [-0.39, 0.29) is 5.78 Å². The average molecular weight is 304 g/mol. The minimum absolute atomic E-state index is 0.0535. The first-order valence-electron chi connectivity index (χ1n) is 7.55. The molecule has 0 fully saturated rings. The molecule has 23 heavy (non-hydrogen) atoms. The molecule has 2 aromatic carbocycles. The Kier molecular flexibility index (Phi) is 2.88. The van der Waals surface area contributed by atoms with E-state index in [0.29, 0.717) is 11.5 Å². The van der Waals surface area contributed by atoms with Crippen LogP contribution in [-0.2, 0) is 0 Å². The standard InChI is InChI=1S/C19H16N2O2/c1-11-19(12(2)22)15-9-18-16(20-13(3)23-18)10-17(15)21(11)14-7-5-4-6-8-14/h4-10H,1-3H3. The lowest BCUT2D eigenvalue weighted by Gasteiger charge is -2.08. The van der Waals surface area contributed by atoms with Gasteiger partial charge in [-0.2, -0.15) is 0 Å². The molecule has 114 valence electrons. The van der Waals surface area contributed by atoms with Crippen molar-refractivity contribution >= 4 is 27.8 Å². The van der Waals surface area contributed by atoms with E-state index in [2.05, 4.69) is 9.55 Å². The summed E-state index contributed by atoms with van der Waals surface area (Å²) in [5.41, 5.74) is 5.19. The topological polar surface area (TPSA) is 48.0 Å². The first kappa shape index (κ1) is 13.8. The largest absolute Gasteiger partial charge is 0.441 e. The van der Waals surface area contributed by atoms with Crippen LogP contribution in [0.4, 0.5) is 0 Å². The van der Waals surface area contributed by atoms with Gasteiger partial charge in [0.15, 0.2) is 17.3 Å². The van der Waals surface area contributed by atoms with Gasteiger partial charge in [0.2, 0.25) is 0 Å². The number of oxazole rings is 1. The van der Waals surface area contributed by atoms with E-state index in [1.807, 2.05) is 56.3 Å². The van der Waals surface area contributed by atoms with Crippen molar-refractivity contribution in [2.24, 2.45) is 0 Å². The molecular weight excluding hydrogens is 288 g/mol. The Morgan fingerprint density at radius 1 is 1.13 bits per heavy atom. The molecular formula is C19H16N2O2. The molecule has 0 bridgehead atoms. The summed E-state index contributed by atoms with van der Waals surface area (Å²) in [5, 5.41) is 0.905. The summed E-state index contributed by atoms with van der Waals surface area (Å²) in [4.78, 5) is 16.6. The highest BCUT2D eigenvalue weighted by Crippen LogP contribution is 2.33. The monoisotopic (exact) mass is 304 g/mol. The van der Waals surface area contributed by atoms with Gasteiger partial charge in [-0.25, -0.2) is 4.98 Å². The van der Waals surface area contributed by atoms with E-state index in [0.717, 1.165) is 33.4 Å². The van der Waals surface area contributed by atoms with Crippen molar-refractivity contribution in [3.05, 3.63) is 59.6 Å². The van der Waals surface area contributed by atoms with Crippen LogP contribution in [0, 0.1) is 13.8 Å². The number of para-hydroxylation sites is 1. The molecule has 0 amide bonds. The number of ketones is 1. The van der Waals surface area contributed by atoms with Crippen LogP contribution in [0.1, 0.15) is 28.9 Å². The van der Waals surface area contributed by atoms with Gasteiger partial charge in [0.25, 0.3) is 0 Å². The number of fused-ring (bicyclic) bond motifs is 2. The van der Waals surface area contributed by atoms with Crippen molar-refractivity contribution in [3.8, 4) is 5.69 Å². The van der Waals surface area contributed by atoms with Crippen molar-refractivity contribution in [1.82, 2.24) is 9.55 Å². The minimum atomic E-state index is 0.0535. The Morgan fingerprint density at radius 3 is 2.57 bits per heavy atom. The van der Waals surface area contributed by atoms with Crippen LogP contribution in [-0.4, -0.2) is 15.3 Å². The molecule has 4 aromatic rings. The molecule has 0 saturated heterocycles. The molecule has 0 aliphatic rings. The summed E-state index contributed by atoms with van der Waals surface area (Å²) in [6.45, 7) is 5.41. The number of aryl methyl sites for hydroxylation is 1. The highest BCUT2D eigenvalue weighted by Gasteiger charge is 2.20. The normalized spacial score (nSPS) is 11.4. The van der Waals surface area contributed by atoms with Gasteiger partial charge < -0.3 is 8.98 Å². The maximum absolute atomic E-state index is 12.2. The summed E-state index contributed by atoms with van der Waals surface area (Å²) in [5.74, 6) is 0.678. The van der Waals surface area contributed by atoms with E-state index >= 15 is 0 Å². The number of aromatic nitrogens is 2. The predicted octanol–water partition coefficient (Wildman–Crippen LogP) is 4.59. The van der Waals surface area contributed by atoms with Gasteiger partial charge in [0.1, 0.15) is 5.52 Å². The lowest BCUT2D eigenvalue weighted by atomic mass is 10.1. The number of Topliss-reactive ketones (excluding diaryl/α,β-unsaturated/α-hetero) is 1. The first-order chi connectivity index (χ1) is 11.1. The van der Waals surface area contributed by atoms with E-state index in [1.165, 1.54) is 0 Å². The van der Waals surface area contributed by atoms with Crippen LogP contribution >= 0.6 is 0 Å². The number of carbonyl (C=O) groups excluding carboxylic acids is 1. The Morgan fingerprint density at radius 2 is 1.87 bits per heavy atom. The number of benzene rings is 2. The van der Waals surface area contributed by atoms with E-state index < -0.39 is 0 Å². The summed E-state index contributed by atoms with van der Waals surface area (Å²) in [7, 11) is 0. The van der Waals surface area contributed by atoms with Crippen LogP contribution in [0.5, 0.6) is 0 Å². The Labute approximate surface area is 133 Å². The van der Waals surface area contributed by atoms with Crippen molar-refractivity contribution in [2.75, 3.05) is 0 Å². The molecule has 0 aliphatic heterocycles. The zero-order valence-electron chi connectivity index (χ0n) is 13.3. The second-order valence-corrected chi connectivity index (χ2v) is 5.76. The van der Waals surface area contributed by atoms with Gasteiger partial charge in [-0.3, -0.25) is 4.79 Å². The first-order valence-corrected chi connectivity index (χ1v) is 7.55. The van der Waals surface area contributed by atoms with E-state index in [4.69, 9.17) is 4.42 Å². The third-order valence-corrected chi connectivity index (χ3v) is 4.19.